The molecular weight excluding hydrogens is 244 g/mol. The van der Waals surface area contributed by atoms with Crippen LogP contribution in [-0.2, 0) is 4.79 Å². The fourth-order valence-corrected chi connectivity index (χ4v) is 6.14. The van der Waals surface area contributed by atoms with E-state index in [9.17, 15) is 4.79 Å². The molecule has 0 N–H and O–H groups in total. The quantitative estimate of drug-likeness (QED) is 0.624. The molecule has 4 aliphatic rings. The first-order valence-corrected chi connectivity index (χ1v) is 8.44. The van der Waals surface area contributed by atoms with Crippen molar-refractivity contribution in [3.8, 4) is 0 Å². The van der Waals surface area contributed by atoms with Crippen molar-refractivity contribution in [2.75, 3.05) is 0 Å². The highest BCUT2D eigenvalue weighted by Crippen LogP contribution is 2.62. The highest BCUT2D eigenvalue weighted by atomic mass is 16.1. The Balaban J connectivity index is 1.79. The number of Topliss-reactive ketones (excluding diaryl/α,β-unsaturated/α-hetero) is 1. The molecule has 1 heteroatoms. The summed E-state index contributed by atoms with van der Waals surface area (Å²) in [5.74, 6) is 2.32. The highest BCUT2D eigenvalue weighted by Gasteiger charge is 2.58. The second-order valence-corrected chi connectivity index (χ2v) is 8.19. The number of ketones is 1. The van der Waals surface area contributed by atoms with Crippen molar-refractivity contribution in [3.63, 3.8) is 0 Å². The topological polar surface area (TPSA) is 17.1 Å². The molecular formula is C19H26O. The van der Waals surface area contributed by atoms with Crippen LogP contribution in [-0.4, -0.2) is 5.78 Å². The molecule has 0 heterocycles. The van der Waals surface area contributed by atoms with Gasteiger partial charge in [-0.3, -0.25) is 4.79 Å². The molecule has 0 aromatic carbocycles. The van der Waals surface area contributed by atoms with E-state index < -0.39 is 0 Å². The lowest BCUT2D eigenvalue weighted by molar-refractivity contribution is -0.141. The molecule has 0 aromatic rings. The van der Waals surface area contributed by atoms with Crippen molar-refractivity contribution in [2.24, 2.45) is 28.6 Å². The SMILES string of the molecule is C[C@@]12CCC[C@H]1[C@@H]1CC=C3C=CCC[C@]3(C)[C@H]1C(=O)C2. The van der Waals surface area contributed by atoms with Crippen LogP contribution < -0.4 is 0 Å². The summed E-state index contributed by atoms with van der Waals surface area (Å²) in [6.45, 7) is 4.76. The molecule has 108 valence electrons. The van der Waals surface area contributed by atoms with Gasteiger partial charge >= 0.3 is 0 Å². The second-order valence-electron chi connectivity index (χ2n) is 8.19. The Kier molecular flexibility index (Phi) is 2.63. The van der Waals surface area contributed by atoms with Crippen molar-refractivity contribution in [3.05, 3.63) is 23.8 Å². The molecule has 0 unspecified atom stereocenters. The normalized spacial score (nSPS) is 50.2. The predicted octanol–water partition coefficient (Wildman–Crippen LogP) is 4.68. The minimum absolute atomic E-state index is 0.138. The standard InChI is InChI=1S/C19H26O/c1-18-10-5-7-15(18)14-9-8-13-6-3-4-11-19(13,2)17(14)16(20)12-18/h3,6,8,14-15,17H,4-5,7,9-12H2,1-2H3/t14-,15-,17+,18-,19-/m0/s1. The predicted molar refractivity (Wildman–Crippen MR) is 81.2 cm³/mol. The summed E-state index contributed by atoms with van der Waals surface area (Å²) in [5, 5.41) is 0. The summed E-state index contributed by atoms with van der Waals surface area (Å²) in [6.07, 6.45) is 15.4. The summed E-state index contributed by atoms with van der Waals surface area (Å²) in [5.41, 5.74) is 1.92. The van der Waals surface area contributed by atoms with Crippen LogP contribution in [0.15, 0.2) is 23.8 Å². The van der Waals surface area contributed by atoms with E-state index in [2.05, 4.69) is 32.1 Å². The maximum atomic E-state index is 13.0. The first-order valence-electron chi connectivity index (χ1n) is 8.44. The van der Waals surface area contributed by atoms with Gasteiger partial charge in [0.05, 0.1) is 0 Å². The zero-order valence-corrected chi connectivity index (χ0v) is 12.8. The number of allylic oxidation sites excluding steroid dienone is 4. The molecule has 2 saturated carbocycles. The summed E-state index contributed by atoms with van der Waals surface area (Å²) in [6, 6.07) is 0. The van der Waals surface area contributed by atoms with Crippen molar-refractivity contribution in [1.82, 2.24) is 0 Å². The third-order valence-corrected chi connectivity index (χ3v) is 7.11. The zero-order valence-electron chi connectivity index (χ0n) is 12.8. The largest absolute Gasteiger partial charge is 0.299 e. The highest BCUT2D eigenvalue weighted by molar-refractivity contribution is 5.85. The summed E-state index contributed by atoms with van der Waals surface area (Å²) in [7, 11) is 0. The Morgan fingerprint density at radius 1 is 1.25 bits per heavy atom. The van der Waals surface area contributed by atoms with Crippen LogP contribution in [0.25, 0.3) is 0 Å². The van der Waals surface area contributed by atoms with Crippen molar-refractivity contribution >= 4 is 5.78 Å². The monoisotopic (exact) mass is 270 g/mol. The molecule has 4 aliphatic carbocycles. The molecule has 4 rings (SSSR count). The van der Waals surface area contributed by atoms with Gasteiger partial charge in [-0.15, -0.1) is 0 Å². The Morgan fingerprint density at radius 2 is 2.10 bits per heavy atom. The minimum Gasteiger partial charge on any atom is -0.299 e. The fourth-order valence-electron chi connectivity index (χ4n) is 6.14. The van der Waals surface area contributed by atoms with E-state index in [0.717, 1.165) is 25.2 Å². The first-order chi connectivity index (χ1) is 9.55. The minimum atomic E-state index is 0.138. The molecule has 0 spiro atoms. The lowest BCUT2D eigenvalue weighted by Gasteiger charge is -2.54. The second kappa shape index (κ2) is 4.08. The van der Waals surface area contributed by atoms with Gasteiger partial charge in [-0.05, 0) is 54.9 Å². The van der Waals surface area contributed by atoms with E-state index in [1.165, 1.54) is 31.3 Å². The Hall–Kier alpha value is -0.850. The third kappa shape index (κ3) is 1.53. The van der Waals surface area contributed by atoms with Crippen molar-refractivity contribution in [1.29, 1.82) is 0 Å². The van der Waals surface area contributed by atoms with E-state index >= 15 is 0 Å². The van der Waals surface area contributed by atoms with Crippen LogP contribution in [0.3, 0.4) is 0 Å². The van der Waals surface area contributed by atoms with E-state index in [1.807, 2.05) is 0 Å². The van der Waals surface area contributed by atoms with Gasteiger partial charge in [0.1, 0.15) is 5.78 Å². The van der Waals surface area contributed by atoms with Crippen LogP contribution in [0, 0.1) is 28.6 Å². The zero-order chi connectivity index (χ0) is 14.0. The fraction of sp³-hybridized carbons (Fsp3) is 0.737. The maximum Gasteiger partial charge on any atom is 0.137 e. The van der Waals surface area contributed by atoms with Crippen LogP contribution in [0.1, 0.15) is 58.8 Å². The molecule has 5 atom stereocenters. The lowest BCUT2D eigenvalue weighted by atomic mass is 9.48. The molecule has 0 aromatic heterocycles. The molecule has 0 aliphatic heterocycles. The van der Waals surface area contributed by atoms with Gasteiger partial charge in [-0.2, -0.15) is 0 Å². The van der Waals surface area contributed by atoms with E-state index in [0.29, 0.717) is 23.0 Å². The number of hydrogen-bond acceptors (Lipinski definition) is 1. The lowest BCUT2D eigenvalue weighted by Crippen LogP contribution is -2.52. The van der Waals surface area contributed by atoms with Gasteiger partial charge in [0.25, 0.3) is 0 Å². The smallest absolute Gasteiger partial charge is 0.137 e. The molecule has 0 bridgehead atoms. The number of rotatable bonds is 0. The van der Waals surface area contributed by atoms with Gasteiger partial charge in [0.15, 0.2) is 0 Å². The van der Waals surface area contributed by atoms with Crippen LogP contribution in [0.4, 0.5) is 0 Å². The summed E-state index contributed by atoms with van der Waals surface area (Å²) in [4.78, 5) is 13.0. The van der Waals surface area contributed by atoms with Crippen LogP contribution in [0.5, 0.6) is 0 Å². The average molecular weight is 270 g/mol. The Labute approximate surface area is 122 Å². The molecule has 1 nitrogen and oxygen atoms in total. The number of hydrogen-bond donors (Lipinski definition) is 0. The van der Waals surface area contributed by atoms with E-state index in [-0.39, 0.29) is 5.41 Å². The Bertz CT molecular complexity index is 514. The van der Waals surface area contributed by atoms with Crippen molar-refractivity contribution < 1.29 is 4.79 Å². The van der Waals surface area contributed by atoms with Gasteiger partial charge in [0.2, 0.25) is 0 Å². The van der Waals surface area contributed by atoms with Crippen LogP contribution >= 0.6 is 0 Å². The van der Waals surface area contributed by atoms with Gasteiger partial charge < -0.3 is 0 Å². The average Bonchev–Trinajstić information content (AvgIpc) is 2.78. The van der Waals surface area contributed by atoms with E-state index in [1.54, 1.807) is 0 Å². The van der Waals surface area contributed by atoms with Gasteiger partial charge in [-0.25, -0.2) is 0 Å². The molecule has 0 radical (unpaired) electrons. The molecule has 20 heavy (non-hydrogen) atoms. The van der Waals surface area contributed by atoms with E-state index in [4.69, 9.17) is 0 Å². The first kappa shape index (κ1) is 12.9. The molecule has 0 amide bonds. The Morgan fingerprint density at radius 3 is 2.95 bits per heavy atom. The van der Waals surface area contributed by atoms with Gasteiger partial charge in [-0.1, -0.05) is 38.5 Å². The van der Waals surface area contributed by atoms with Crippen molar-refractivity contribution in [2.45, 2.75) is 58.8 Å². The summed E-state index contributed by atoms with van der Waals surface area (Å²) < 4.78 is 0. The third-order valence-electron chi connectivity index (χ3n) is 7.11. The number of carbonyl (C=O) groups is 1. The summed E-state index contributed by atoms with van der Waals surface area (Å²) >= 11 is 0. The molecule has 0 saturated heterocycles. The number of fused-ring (bicyclic) bond motifs is 5. The van der Waals surface area contributed by atoms with Gasteiger partial charge in [0, 0.05) is 17.8 Å². The molecule has 2 fully saturated rings. The van der Waals surface area contributed by atoms with Crippen LogP contribution in [0.2, 0.25) is 0 Å². The maximum absolute atomic E-state index is 13.0. The number of carbonyl (C=O) groups excluding carboxylic acids is 1.